The maximum atomic E-state index is 12.2. The number of carbonyl (C=O) groups excluding carboxylic acids is 3. The lowest BCUT2D eigenvalue weighted by atomic mass is 10.2. The molecule has 1 heterocycles. The van der Waals surface area contributed by atoms with Crippen molar-refractivity contribution in [3.05, 3.63) is 83.8 Å². The Bertz CT molecular complexity index is 1050. The molecule has 0 aliphatic carbocycles. The minimum atomic E-state index is -0.243. The largest absolute Gasteiger partial charge is 0.467 e. The molecule has 0 bridgehead atoms. The Balaban J connectivity index is 1.42. The Kier molecular flexibility index (Phi) is 8.61. The minimum Gasteiger partial charge on any atom is -0.467 e. The number of benzene rings is 2. The quantitative estimate of drug-likeness (QED) is 0.333. The van der Waals surface area contributed by atoms with Crippen molar-refractivity contribution in [2.75, 3.05) is 37.4 Å². The van der Waals surface area contributed by atoms with Crippen LogP contribution in [0.25, 0.3) is 0 Å². The molecule has 0 aliphatic heterocycles. The van der Waals surface area contributed by atoms with Crippen LogP contribution in [0.3, 0.4) is 0 Å². The number of amides is 3. The summed E-state index contributed by atoms with van der Waals surface area (Å²) in [5.74, 6) is 0.0106. The number of nitrogens with one attached hydrogen (secondary N) is 4. The van der Waals surface area contributed by atoms with Gasteiger partial charge in [0.05, 0.1) is 26.0 Å². The molecule has 0 spiro atoms. The fourth-order valence-corrected chi connectivity index (χ4v) is 2.88. The molecule has 33 heavy (non-hydrogen) atoms. The lowest BCUT2D eigenvalue weighted by molar-refractivity contribution is -0.114. The molecule has 3 amide bonds. The van der Waals surface area contributed by atoms with Crippen molar-refractivity contribution in [3.63, 3.8) is 0 Å². The van der Waals surface area contributed by atoms with Gasteiger partial charge < -0.3 is 30.4 Å². The van der Waals surface area contributed by atoms with E-state index in [9.17, 15) is 14.4 Å². The second-order valence-corrected chi connectivity index (χ2v) is 7.07. The highest BCUT2D eigenvalue weighted by Gasteiger charge is 2.08. The normalized spacial score (nSPS) is 10.3. The first kappa shape index (κ1) is 23.6. The van der Waals surface area contributed by atoms with Gasteiger partial charge in [0.25, 0.3) is 11.8 Å². The minimum absolute atomic E-state index is 0.0449. The average Bonchev–Trinajstić information content (AvgIpc) is 3.36. The molecule has 0 unspecified atom stereocenters. The Morgan fingerprint density at radius 3 is 2.09 bits per heavy atom. The molecule has 0 saturated heterocycles. The average molecular weight is 450 g/mol. The maximum Gasteiger partial charge on any atom is 0.251 e. The first-order chi connectivity index (χ1) is 16.0. The van der Waals surface area contributed by atoms with E-state index in [0.717, 1.165) is 0 Å². The van der Waals surface area contributed by atoms with Crippen molar-refractivity contribution in [2.45, 2.75) is 6.54 Å². The molecule has 0 radical (unpaired) electrons. The molecule has 0 fully saturated rings. The van der Waals surface area contributed by atoms with E-state index in [-0.39, 0.29) is 24.3 Å². The van der Waals surface area contributed by atoms with Crippen LogP contribution in [-0.4, -0.2) is 44.5 Å². The molecule has 1 aromatic heterocycles. The van der Waals surface area contributed by atoms with E-state index in [1.807, 2.05) is 0 Å². The van der Waals surface area contributed by atoms with Crippen molar-refractivity contribution < 1.29 is 23.5 Å². The van der Waals surface area contributed by atoms with E-state index in [0.29, 0.717) is 48.0 Å². The summed E-state index contributed by atoms with van der Waals surface area (Å²) in [4.78, 5) is 36.4. The number of hydrogen-bond acceptors (Lipinski definition) is 6. The second-order valence-electron chi connectivity index (χ2n) is 7.07. The molecule has 0 atom stereocenters. The molecule has 9 heteroatoms. The Morgan fingerprint density at radius 2 is 1.48 bits per heavy atom. The third kappa shape index (κ3) is 7.51. The number of rotatable bonds is 11. The van der Waals surface area contributed by atoms with Crippen LogP contribution in [0, 0.1) is 0 Å². The third-order valence-corrected chi connectivity index (χ3v) is 4.63. The molecule has 9 nitrogen and oxygen atoms in total. The van der Waals surface area contributed by atoms with Gasteiger partial charge in [0.15, 0.2) is 0 Å². The number of ether oxygens (including phenoxy) is 1. The predicted molar refractivity (Wildman–Crippen MR) is 124 cm³/mol. The first-order valence-electron chi connectivity index (χ1n) is 10.4. The lowest BCUT2D eigenvalue weighted by Gasteiger charge is -2.10. The third-order valence-electron chi connectivity index (χ3n) is 4.63. The van der Waals surface area contributed by atoms with Gasteiger partial charge in [-0.25, -0.2) is 0 Å². The van der Waals surface area contributed by atoms with Gasteiger partial charge in [-0.1, -0.05) is 0 Å². The Morgan fingerprint density at radius 1 is 0.848 bits per heavy atom. The summed E-state index contributed by atoms with van der Waals surface area (Å²) in [7, 11) is 1.57. The van der Waals surface area contributed by atoms with Crippen LogP contribution < -0.4 is 21.3 Å². The number of carbonyl (C=O) groups is 3. The van der Waals surface area contributed by atoms with Crippen LogP contribution in [0.15, 0.2) is 71.3 Å². The van der Waals surface area contributed by atoms with Gasteiger partial charge in [-0.15, -0.1) is 0 Å². The number of furan rings is 1. The van der Waals surface area contributed by atoms with Gasteiger partial charge in [-0.2, -0.15) is 0 Å². The smallest absolute Gasteiger partial charge is 0.251 e. The summed E-state index contributed by atoms with van der Waals surface area (Å²) >= 11 is 0. The van der Waals surface area contributed by atoms with Crippen LogP contribution in [0.5, 0.6) is 0 Å². The van der Waals surface area contributed by atoms with Gasteiger partial charge in [0.2, 0.25) is 5.91 Å². The zero-order valence-electron chi connectivity index (χ0n) is 18.2. The Labute approximate surface area is 191 Å². The van der Waals surface area contributed by atoms with Crippen LogP contribution >= 0.6 is 0 Å². The second kappa shape index (κ2) is 12.1. The standard InChI is InChI=1S/C24H26N4O5/c1-32-14-12-25-23(30)17-6-10-20(11-7-17)28-22(29)16-26-19-8-4-18(5-9-19)24(31)27-15-21-3-2-13-33-21/h2-11,13,26H,12,14-16H2,1H3,(H,25,30)(H,27,31)(H,28,29). The summed E-state index contributed by atoms with van der Waals surface area (Å²) in [5, 5.41) is 11.3. The molecule has 2 aromatic carbocycles. The molecular weight excluding hydrogens is 424 g/mol. The van der Waals surface area contributed by atoms with E-state index in [1.165, 1.54) is 0 Å². The van der Waals surface area contributed by atoms with Crippen molar-refractivity contribution in [2.24, 2.45) is 0 Å². The van der Waals surface area contributed by atoms with Crippen LogP contribution in [0.1, 0.15) is 26.5 Å². The highest BCUT2D eigenvalue weighted by molar-refractivity contribution is 5.97. The molecule has 172 valence electrons. The lowest BCUT2D eigenvalue weighted by Crippen LogP contribution is -2.27. The summed E-state index contributed by atoms with van der Waals surface area (Å²) in [6.45, 7) is 1.22. The van der Waals surface area contributed by atoms with Crippen molar-refractivity contribution in [3.8, 4) is 0 Å². The summed E-state index contributed by atoms with van der Waals surface area (Å²) in [5.41, 5.74) is 2.29. The van der Waals surface area contributed by atoms with Gasteiger partial charge in [0.1, 0.15) is 5.76 Å². The fourth-order valence-electron chi connectivity index (χ4n) is 2.88. The van der Waals surface area contributed by atoms with E-state index >= 15 is 0 Å². The zero-order valence-corrected chi connectivity index (χ0v) is 18.2. The highest BCUT2D eigenvalue weighted by Crippen LogP contribution is 2.12. The van der Waals surface area contributed by atoms with E-state index < -0.39 is 0 Å². The monoisotopic (exact) mass is 450 g/mol. The van der Waals surface area contributed by atoms with Crippen molar-refractivity contribution in [1.82, 2.24) is 10.6 Å². The van der Waals surface area contributed by atoms with E-state index in [4.69, 9.17) is 9.15 Å². The predicted octanol–water partition coefficient (Wildman–Crippen LogP) is 2.64. The zero-order chi connectivity index (χ0) is 23.5. The van der Waals surface area contributed by atoms with Crippen LogP contribution in [0.4, 0.5) is 11.4 Å². The Hall–Kier alpha value is -4.11. The number of anilines is 2. The molecular formula is C24H26N4O5. The van der Waals surface area contributed by atoms with Gasteiger partial charge in [0, 0.05) is 36.2 Å². The summed E-state index contributed by atoms with van der Waals surface area (Å²) < 4.78 is 10.1. The number of hydrogen-bond donors (Lipinski definition) is 4. The van der Waals surface area contributed by atoms with Gasteiger partial charge >= 0.3 is 0 Å². The molecule has 3 aromatic rings. The highest BCUT2D eigenvalue weighted by atomic mass is 16.5. The fraction of sp³-hybridized carbons (Fsp3) is 0.208. The van der Waals surface area contributed by atoms with Gasteiger partial charge in [-0.3, -0.25) is 14.4 Å². The van der Waals surface area contributed by atoms with Crippen molar-refractivity contribution >= 4 is 29.1 Å². The van der Waals surface area contributed by atoms with Gasteiger partial charge in [-0.05, 0) is 60.7 Å². The van der Waals surface area contributed by atoms with Crippen LogP contribution in [0.2, 0.25) is 0 Å². The SMILES string of the molecule is COCCNC(=O)c1ccc(NC(=O)CNc2ccc(C(=O)NCc3ccco3)cc2)cc1. The summed E-state index contributed by atoms with van der Waals surface area (Å²) in [6, 6.07) is 17.0. The topological polar surface area (TPSA) is 122 Å². The molecule has 3 rings (SSSR count). The first-order valence-corrected chi connectivity index (χ1v) is 10.4. The van der Waals surface area contributed by atoms with E-state index in [2.05, 4.69) is 21.3 Å². The maximum absolute atomic E-state index is 12.2. The molecule has 4 N–H and O–H groups in total. The molecule has 0 saturated carbocycles. The molecule has 0 aliphatic rings. The van der Waals surface area contributed by atoms with Crippen molar-refractivity contribution in [1.29, 1.82) is 0 Å². The summed E-state index contributed by atoms with van der Waals surface area (Å²) in [6.07, 6.45) is 1.55. The number of methoxy groups -OCH3 is 1. The van der Waals surface area contributed by atoms with Crippen LogP contribution in [-0.2, 0) is 16.1 Å². The van der Waals surface area contributed by atoms with E-state index in [1.54, 1.807) is 74.0 Å².